The Balaban J connectivity index is 2.03. The predicted octanol–water partition coefficient (Wildman–Crippen LogP) is 3.25. The largest absolute Gasteiger partial charge is 0.442 e. The summed E-state index contributed by atoms with van der Waals surface area (Å²) >= 11 is 3.38. The fraction of sp³-hybridized carbons (Fsp3) is 0.357. The highest BCUT2D eigenvalue weighted by molar-refractivity contribution is 9.10. The summed E-state index contributed by atoms with van der Waals surface area (Å²) in [5.74, 6) is 0.336. The van der Waals surface area contributed by atoms with Crippen LogP contribution in [0, 0.1) is 5.41 Å². The van der Waals surface area contributed by atoms with Gasteiger partial charge < -0.3 is 4.74 Å². The Morgan fingerprint density at radius 3 is 2.55 bits per heavy atom. The van der Waals surface area contributed by atoms with Crippen LogP contribution in [-0.4, -0.2) is 20.7 Å². The lowest BCUT2D eigenvalue weighted by atomic mass is 9.98. The molecule has 0 spiro atoms. The van der Waals surface area contributed by atoms with Crippen molar-refractivity contribution in [3.63, 3.8) is 0 Å². The molecule has 1 heterocycles. The van der Waals surface area contributed by atoms with E-state index in [1.807, 2.05) is 45.0 Å². The summed E-state index contributed by atoms with van der Waals surface area (Å²) in [6, 6.07) is 7.70. The normalized spacial score (nSPS) is 11.4. The van der Waals surface area contributed by atoms with Gasteiger partial charge in [-0.15, -0.1) is 5.10 Å². The van der Waals surface area contributed by atoms with Gasteiger partial charge in [-0.3, -0.25) is 4.79 Å². The lowest BCUT2D eigenvalue weighted by Gasteiger charge is -2.16. The summed E-state index contributed by atoms with van der Waals surface area (Å²) in [4.78, 5) is 15.9. The molecule has 2 aromatic rings. The highest BCUT2D eigenvalue weighted by atomic mass is 79.9. The molecule has 0 unspecified atom stereocenters. The van der Waals surface area contributed by atoms with Crippen LogP contribution < -0.4 is 0 Å². The van der Waals surface area contributed by atoms with Crippen LogP contribution in [0.4, 0.5) is 0 Å². The van der Waals surface area contributed by atoms with Gasteiger partial charge in [-0.2, -0.15) is 0 Å². The van der Waals surface area contributed by atoms with Crippen LogP contribution >= 0.6 is 15.9 Å². The molecule has 6 heteroatoms. The van der Waals surface area contributed by atoms with E-state index in [1.165, 1.54) is 4.68 Å². The van der Waals surface area contributed by atoms with Gasteiger partial charge in [0.05, 0.1) is 5.41 Å². The van der Waals surface area contributed by atoms with Crippen molar-refractivity contribution >= 4 is 21.9 Å². The Kier molecular flexibility index (Phi) is 4.23. The van der Waals surface area contributed by atoms with Crippen molar-refractivity contribution in [1.82, 2.24) is 14.8 Å². The number of nitrogens with zero attached hydrogens (tertiary/aromatic N) is 3. The van der Waals surface area contributed by atoms with Crippen LogP contribution in [-0.2, 0) is 16.3 Å². The van der Waals surface area contributed by atoms with Gasteiger partial charge in [0.25, 0.3) is 0 Å². The van der Waals surface area contributed by atoms with Crippen molar-refractivity contribution < 1.29 is 9.53 Å². The number of carbonyl (C=O) groups excluding carboxylic acids is 1. The second-order valence-electron chi connectivity index (χ2n) is 5.43. The third kappa shape index (κ3) is 3.66. The van der Waals surface area contributed by atoms with E-state index in [0.717, 1.165) is 10.0 Å². The van der Waals surface area contributed by atoms with Gasteiger partial charge in [-0.1, -0.05) is 28.1 Å². The molecule has 0 atom stereocenters. The van der Waals surface area contributed by atoms with E-state index in [9.17, 15) is 4.79 Å². The highest BCUT2D eigenvalue weighted by Crippen LogP contribution is 2.18. The number of ether oxygens (including phenoxy) is 1. The van der Waals surface area contributed by atoms with Crippen LogP contribution in [0.1, 0.15) is 20.8 Å². The number of carbonyl (C=O) groups is 1. The molecule has 0 aliphatic heterocycles. The number of hydrogen-bond donors (Lipinski definition) is 0. The highest BCUT2D eigenvalue weighted by Gasteiger charge is 2.23. The smallest absolute Gasteiger partial charge is 0.313 e. The van der Waals surface area contributed by atoms with Crippen molar-refractivity contribution in [2.24, 2.45) is 5.41 Å². The van der Waals surface area contributed by atoms with E-state index >= 15 is 0 Å². The molecule has 0 amide bonds. The first-order valence-corrected chi connectivity index (χ1v) is 6.98. The van der Waals surface area contributed by atoms with Crippen molar-refractivity contribution in [3.8, 4) is 11.4 Å². The van der Waals surface area contributed by atoms with Gasteiger partial charge in [0, 0.05) is 10.0 Å². The first-order valence-electron chi connectivity index (χ1n) is 6.19. The summed E-state index contributed by atoms with van der Waals surface area (Å²) in [5.41, 5.74) is 0.392. The zero-order chi connectivity index (χ0) is 14.8. The Morgan fingerprint density at radius 2 is 1.95 bits per heavy atom. The lowest BCUT2D eigenvalue weighted by Crippen LogP contribution is -2.24. The molecule has 0 bridgehead atoms. The zero-order valence-corrected chi connectivity index (χ0v) is 13.2. The Hall–Kier alpha value is -1.69. The van der Waals surface area contributed by atoms with E-state index in [2.05, 4.69) is 26.0 Å². The number of halogens is 1. The molecule has 0 fully saturated rings. The minimum Gasteiger partial charge on any atom is -0.442 e. The minimum atomic E-state index is -0.519. The number of hydrogen-bond acceptors (Lipinski definition) is 4. The molecule has 0 saturated heterocycles. The molecule has 20 heavy (non-hydrogen) atoms. The standard InChI is InChI=1S/C14H16BrN3O2/c1-14(2,3)13(19)20-9-18-8-16-12(17-18)10-4-6-11(15)7-5-10/h4-8H,9H2,1-3H3. The molecular weight excluding hydrogens is 322 g/mol. The summed E-state index contributed by atoms with van der Waals surface area (Å²) in [6.07, 6.45) is 1.55. The van der Waals surface area contributed by atoms with Crippen LogP contribution in [0.15, 0.2) is 35.1 Å². The van der Waals surface area contributed by atoms with Crippen LogP contribution in [0.3, 0.4) is 0 Å². The summed E-state index contributed by atoms with van der Waals surface area (Å²) < 4.78 is 7.68. The van der Waals surface area contributed by atoms with Crippen LogP contribution in [0.25, 0.3) is 11.4 Å². The van der Waals surface area contributed by atoms with Crippen molar-refractivity contribution in [2.75, 3.05) is 0 Å². The van der Waals surface area contributed by atoms with E-state index in [4.69, 9.17) is 4.74 Å². The average Bonchev–Trinajstić information content (AvgIpc) is 2.84. The van der Waals surface area contributed by atoms with Gasteiger partial charge in [0.15, 0.2) is 12.6 Å². The molecule has 0 saturated carbocycles. The first-order chi connectivity index (χ1) is 9.36. The van der Waals surface area contributed by atoms with E-state index in [1.54, 1.807) is 6.33 Å². The summed E-state index contributed by atoms with van der Waals surface area (Å²) in [5, 5.41) is 4.28. The van der Waals surface area contributed by atoms with Gasteiger partial charge in [-0.05, 0) is 32.9 Å². The molecule has 0 aliphatic rings. The van der Waals surface area contributed by atoms with Gasteiger partial charge in [-0.25, -0.2) is 9.67 Å². The van der Waals surface area contributed by atoms with Crippen molar-refractivity contribution in [3.05, 3.63) is 35.1 Å². The fourth-order valence-corrected chi connectivity index (χ4v) is 1.69. The minimum absolute atomic E-state index is 0.0691. The average molecular weight is 338 g/mol. The third-order valence-electron chi connectivity index (χ3n) is 2.58. The SMILES string of the molecule is CC(C)(C)C(=O)OCn1cnc(-c2ccc(Br)cc2)n1. The molecule has 0 N–H and O–H groups in total. The molecule has 0 radical (unpaired) electrons. The Bertz CT molecular complexity index is 600. The lowest BCUT2D eigenvalue weighted by molar-refractivity contribution is -0.157. The number of benzene rings is 1. The molecule has 5 nitrogen and oxygen atoms in total. The fourth-order valence-electron chi connectivity index (χ4n) is 1.43. The monoisotopic (exact) mass is 337 g/mol. The number of aromatic nitrogens is 3. The van der Waals surface area contributed by atoms with E-state index in [0.29, 0.717) is 5.82 Å². The molecular formula is C14H16BrN3O2. The van der Waals surface area contributed by atoms with Crippen molar-refractivity contribution in [1.29, 1.82) is 0 Å². The third-order valence-corrected chi connectivity index (χ3v) is 3.11. The second-order valence-corrected chi connectivity index (χ2v) is 6.34. The van der Waals surface area contributed by atoms with E-state index < -0.39 is 5.41 Å². The topological polar surface area (TPSA) is 57.0 Å². The maximum atomic E-state index is 11.7. The number of rotatable bonds is 3. The Labute approximate surface area is 126 Å². The van der Waals surface area contributed by atoms with Gasteiger partial charge in [0.2, 0.25) is 0 Å². The van der Waals surface area contributed by atoms with Crippen molar-refractivity contribution in [2.45, 2.75) is 27.5 Å². The summed E-state index contributed by atoms with van der Waals surface area (Å²) in [7, 11) is 0. The van der Waals surface area contributed by atoms with Gasteiger partial charge >= 0.3 is 5.97 Å². The Morgan fingerprint density at radius 1 is 1.30 bits per heavy atom. The number of esters is 1. The predicted molar refractivity (Wildman–Crippen MR) is 78.7 cm³/mol. The maximum absolute atomic E-state index is 11.7. The molecule has 2 rings (SSSR count). The van der Waals surface area contributed by atoms with E-state index in [-0.39, 0.29) is 12.7 Å². The first kappa shape index (κ1) is 14.7. The van der Waals surface area contributed by atoms with Crippen LogP contribution in [0.5, 0.6) is 0 Å². The second kappa shape index (κ2) is 5.75. The quantitative estimate of drug-likeness (QED) is 0.806. The molecule has 106 valence electrons. The summed E-state index contributed by atoms with van der Waals surface area (Å²) in [6.45, 7) is 5.50. The molecule has 1 aromatic carbocycles. The molecule has 1 aromatic heterocycles. The van der Waals surface area contributed by atoms with Gasteiger partial charge in [0.1, 0.15) is 6.33 Å². The zero-order valence-electron chi connectivity index (χ0n) is 11.6. The molecule has 0 aliphatic carbocycles. The van der Waals surface area contributed by atoms with Crippen LogP contribution in [0.2, 0.25) is 0 Å². The maximum Gasteiger partial charge on any atom is 0.313 e.